The molecule has 33 heavy (non-hydrogen) atoms. The molecule has 1 saturated carbocycles. The molecule has 8 heteroatoms. The van der Waals surface area contributed by atoms with Gasteiger partial charge in [-0.05, 0) is 68.5 Å². The van der Waals surface area contributed by atoms with E-state index in [1.54, 1.807) is 32.4 Å². The third-order valence-corrected chi connectivity index (χ3v) is 8.82. The van der Waals surface area contributed by atoms with Crippen LogP contribution >= 0.6 is 0 Å². The average Bonchev–Trinajstić information content (AvgIpc) is 3.57. The first kappa shape index (κ1) is 22.0. The summed E-state index contributed by atoms with van der Waals surface area (Å²) in [5, 5.41) is 2.89. The standard InChI is InChI=1S/C25H28N2O5S/c1-31-18-7-10-23(32-2)20(13-18)17-11-12-27(15-17)33(29,30)19-8-9-22-21(14-19)24(25(28)26-22)16-5-3-4-6-16/h7-10,13-14,17H,3-6,11-12,15H2,1-2H3,(H,26,28)/t17-/m1/s1. The summed E-state index contributed by atoms with van der Waals surface area (Å²) in [5.74, 6) is 1.34. The Morgan fingerprint density at radius 1 is 1.03 bits per heavy atom. The van der Waals surface area contributed by atoms with Crippen LogP contribution in [0.25, 0.3) is 5.57 Å². The van der Waals surface area contributed by atoms with Gasteiger partial charge in [0.2, 0.25) is 10.0 Å². The van der Waals surface area contributed by atoms with Crippen LogP contribution < -0.4 is 14.8 Å². The molecule has 0 spiro atoms. The molecule has 174 valence electrons. The number of anilines is 1. The monoisotopic (exact) mass is 468 g/mol. The second kappa shape index (κ2) is 8.50. The van der Waals surface area contributed by atoms with E-state index in [0.29, 0.717) is 36.3 Å². The van der Waals surface area contributed by atoms with Gasteiger partial charge >= 0.3 is 0 Å². The van der Waals surface area contributed by atoms with Gasteiger partial charge in [-0.25, -0.2) is 8.42 Å². The Morgan fingerprint density at radius 3 is 2.55 bits per heavy atom. The summed E-state index contributed by atoms with van der Waals surface area (Å²) in [5.41, 5.74) is 4.15. The Morgan fingerprint density at radius 2 is 1.82 bits per heavy atom. The molecular weight excluding hydrogens is 440 g/mol. The number of amides is 1. The third-order valence-electron chi connectivity index (χ3n) is 6.96. The van der Waals surface area contributed by atoms with Gasteiger partial charge in [0.1, 0.15) is 11.5 Å². The highest BCUT2D eigenvalue weighted by Gasteiger charge is 2.36. The molecule has 0 bridgehead atoms. The summed E-state index contributed by atoms with van der Waals surface area (Å²) in [4.78, 5) is 12.8. The van der Waals surface area contributed by atoms with Crippen molar-refractivity contribution in [2.75, 3.05) is 32.6 Å². The molecule has 1 N–H and O–H groups in total. The normalized spacial score (nSPS) is 20.8. The van der Waals surface area contributed by atoms with Gasteiger partial charge in [0.15, 0.2) is 0 Å². The predicted molar refractivity (Wildman–Crippen MR) is 126 cm³/mol. The fraction of sp³-hybridized carbons (Fsp3) is 0.400. The molecular formula is C25H28N2O5S. The molecule has 2 fully saturated rings. The number of hydrogen-bond acceptors (Lipinski definition) is 5. The van der Waals surface area contributed by atoms with Crippen molar-refractivity contribution < 1.29 is 22.7 Å². The molecule has 5 rings (SSSR count). The van der Waals surface area contributed by atoms with Gasteiger partial charge in [0, 0.05) is 41.4 Å². The Hall–Kier alpha value is -2.84. The maximum absolute atomic E-state index is 13.5. The number of nitrogens with zero attached hydrogens (tertiary/aromatic N) is 1. The average molecular weight is 469 g/mol. The van der Waals surface area contributed by atoms with Crippen molar-refractivity contribution in [3.05, 3.63) is 53.1 Å². The molecule has 1 saturated heterocycles. The lowest BCUT2D eigenvalue weighted by molar-refractivity contribution is -0.110. The number of fused-ring (bicyclic) bond motifs is 1. The van der Waals surface area contributed by atoms with Crippen molar-refractivity contribution >= 4 is 27.2 Å². The predicted octanol–water partition coefficient (Wildman–Crippen LogP) is 4.16. The molecule has 7 nitrogen and oxygen atoms in total. The Balaban J connectivity index is 1.44. The van der Waals surface area contributed by atoms with Gasteiger partial charge in [-0.1, -0.05) is 5.57 Å². The Bertz CT molecular complexity index is 1240. The molecule has 0 radical (unpaired) electrons. The minimum absolute atomic E-state index is 0.0127. The molecule has 2 heterocycles. The summed E-state index contributed by atoms with van der Waals surface area (Å²) < 4.78 is 39.5. The van der Waals surface area contributed by atoms with E-state index in [9.17, 15) is 13.2 Å². The van der Waals surface area contributed by atoms with Crippen LogP contribution in [0.15, 0.2) is 46.9 Å². The number of nitrogens with one attached hydrogen (secondary N) is 1. The molecule has 1 atom stereocenters. The number of carbonyl (C=O) groups excluding carboxylic acids is 1. The Kier molecular flexibility index (Phi) is 5.66. The van der Waals surface area contributed by atoms with Crippen molar-refractivity contribution in [2.24, 2.45) is 0 Å². The zero-order chi connectivity index (χ0) is 23.2. The summed E-state index contributed by atoms with van der Waals surface area (Å²) in [6.45, 7) is 0.795. The van der Waals surface area contributed by atoms with Crippen molar-refractivity contribution in [2.45, 2.75) is 42.9 Å². The molecule has 3 aliphatic rings. The van der Waals surface area contributed by atoms with E-state index >= 15 is 0 Å². The maximum atomic E-state index is 13.5. The van der Waals surface area contributed by atoms with Gasteiger partial charge < -0.3 is 14.8 Å². The largest absolute Gasteiger partial charge is 0.497 e. The van der Waals surface area contributed by atoms with Crippen LogP contribution in [-0.2, 0) is 14.8 Å². The molecule has 2 aromatic carbocycles. The second-order valence-electron chi connectivity index (χ2n) is 8.80. The molecule has 1 aliphatic carbocycles. The number of rotatable bonds is 5. The zero-order valence-electron chi connectivity index (χ0n) is 18.9. The number of sulfonamides is 1. The van der Waals surface area contributed by atoms with Crippen LogP contribution in [0.5, 0.6) is 11.5 Å². The van der Waals surface area contributed by atoms with Gasteiger partial charge in [-0.15, -0.1) is 0 Å². The first-order valence-corrected chi connectivity index (χ1v) is 12.8. The third kappa shape index (κ3) is 3.81. The fourth-order valence-electron chi connectivity index (χ4n) is 5.22. The van der Waals surface area contributed by atoms with Crippen LogP contribution in [0.3, 0.4) is 0 Å². The van der Waals surface area contributed by atoms with Crippen LogP contribution in [0.4, 0.5) is 5.69 Å². The maximum Gasteiger partial charge on any atom is 0.256 e. The van der Waals surface area contributed by atoms with E-state index < -0.39 is 10.0 Å². The fourth-order valence-corrected chi connectivity index (χ4v) is 6.74. The topological polar surface area (TPSA) is 84.9 Å². The number of methoxy groups -OCH3 is 2. The van der Waals surface area contributed by atoms with Crippen molar-refractivity contribution in [3.63, 3.8) is 0 Å². The molecule has 0 unspecified atom stereocenters. The van der Waals surface area contributed by atoms with Crippen molar-refractivity contribution in [1.29, 1.82) is 0 Å². The van der Waals surface area contributed by atoms with E-state index in [1.807, 2.05) is 18.2 Å². The smallest absolute Gasteiger partial charge is 0.256 e. The van der Waals surface area contributed by atoms with E-state index in [2.05, 4.69) is 5.32 Å². The number of carbonyl (C=O) groups is 1. The number of hydrogen-bond donors (Lipinski definition) is 1. The number of allylic oxidation sites excluding steroid dienone is 1. The van der Waals surface area contributed by atoms with E-state index in [1.165, 1.54) is 4.31 Å². The highest BCUT2D eigenvalue weighted by Crippen LogP contribution is 2.42. The first-order valence-electron chi connectivity index (χ1n) is 11.3. The number of benzene rings is 2. The minimum Gasteiger partial charge on any atom is -0.497 e. The van der Waals surface area contributed by atoms with Crippen molar-refractivity contribution in [1.82, 2.24) is 4.31 Å². The van der Waals surface area contributed by atoms with Crippen LogP contribution in [0.2, 0.25) is 0 Å². The van der Waals surface area contributed by atoms with Crippen LogP contribution in [-0.4, -0.2) is 45.9 Å². The highest BCUT2D eigenvalue weighted by atomic mass is 32.2. The van der Waals surface area contributed by atoms with E-state index in [4.69, 9.17) is 9.47 Å². The van der Waals surface area contributed by atoms with Gasteiger partial charge in [-0.2, -0.15) is 4.31 Å². The summed E-state index contributed by atoms with van der Waals surface area (Å²) in [7, 11) is -0.474. The van der Waals surface area contributed by atoms with Gasteiger partial charge in [-0.3, -0.25) is 4.79 Å². The quantitative estimate of drug-likeness (QED) is 0.666. The van der Waals surface area contributed by atoms with Gasteiger partial charge in [0.25, 0.3) is 5.91 Å². The van der Waals surface area contributed by atoms with E-state index in [0.717, 1.165) is 48.3 Å². The minimum atomic E-state index is -3.70. The second-order valence-corrected chi connectivity index (χ2v) is 10.7. The first-order chi connectivity index (χ1) is 15.9. The van der Waals surface area contributed by atoms with Crippen LogP contribution in [0, 0.1) is 0 Å². The van der Waals surface area contributed by atoms with Crippen molar-refractivity contribution in [3.8, 4) is 11.5 Å². The zero-order valence-corrected chi connectivity index (χ0v) is 19.7. The summed E-state index contributed by atoms with van der Waals surface area (Å²) in [6, 6.07) is 10.6. The lowest BCUT2D eigenvalue weighted by Gasteiger charge is -2.19. The lowest BCUT2D eigenvalue weighted by atomic mass is 9.97. The van der Waals surface area contributed by atoms with Crippen LogP contribution in [0.1, 0.15) is 49.1 Å². The lowest BCUT2D eigenvalue weighted by Crippen LogP contribution is -2.28. The van der Waals surface area contributed by atoms with Gasteiger partial charge in [0.05, 0.1) is 19.1 Å². The summed E-state index contributed by atoms with van der Waals surface area (Å²) >= 11 is 0. The molecule has 0 aromatic heterocycles. The highest BCUT2D eigenvalue weighted by molar-refractivity contribution is 7.89. The number of ether oxygens (including phenoxy) is 2. The Labute approximate surface area is 194 Å². The molecule has 1 amide bonds. The SMILES string of the molecule is COc1ccc(OC)c([C@@H]2CCN(S(=O)(=O)c3ccc4c(c3)C(=C3CCCC3)C(=O)N4)C2)c1. The molecule has 2 aliphatic heterocycles. The van der Waals surface area contributed by atoms with E-state index in [-0.39, 0.29) is 16.7 Å². The summed E-state index contributed by atoms with van der Waals surface area (Å²) in [6.07, 6.45) is 4.64. The molecule has 2 aromatic rings.